The summed E-state index contributed by atoms with van der Waals surface area (Å²) in [4.78, 5) is 19.8. The summed E-state index contributed by atoms with van der Waals surface area (Å²) in [6.45, 7) is 0. The van der Waals surface area contributed by atoms with Gasteiger partial charge in [-0.25, -0.2) is 0 Å². The lowest BCUT2D eigenvalue weighted by atomic mass is 10.2. The molecule has 0 bridgehead atoms. The Morgan fingerprint density at radius 2 is 1.86 bits per heavy atom. The number of non-ortho nitro benzene ring substituents is 1. The third-order valence-corrected chi connectivity index (χ3v) is 1.52. The second kappa shape index (κ2) is 4.18. The highest BCUT2D eigenvalue weighted by Gasteiger charge is 2.01. The molecule has 1 rings (SSSR count). The number of hydrogen-bond acceptors (Lipinski definition) is 4. The van der Waals surface area contributed by atoms with Crippen LogP contribution in [0.5, 0.6) is 0 Å². The molecule has 0 spiro atoms. The first-order valence-corrected chi connectivity index (χ1v) is 3.73. The van der Waals surface area contributed by atoms with Crippen LogP contribution in [0, 0.1) is 10.1 Å². The van der Waals surface area contributed by atoms with E-state index in [1.54, 1.807) is 0 Å². The zero-order valence-electron chi connectivity index (χ0n) is 7.04. The Morgan fingerprint density at radius 3 is 2.29 bits per heavy atom. The van der Waals surface area contributed by atoms with E-state index in [2.05, 4.69) is 0 Å². The quantitative estimate of drug-likeness (QED) is 0.393. The first-order valence-electron chi connectivity index (χ1n) is 3.73. The Hall–Kier alpha value is -2.17. The first-order chi connectivity index (χ1) is 6.59. The largest absolute Gasteiger partial charge is 0.545 e. The van der Waals surface area contributed by atoms with E-state index in [1.807, 2.05) is 0 Å². The Kier molecular flexibility index (Phi) is 2.96. The van der Waals surface area contributed by atoms with Crippen molar-refractivity contribution in [3.05, 3.63) is 46.0 Å². The van der Waals surface area contributed by atoms with E-state index in [0.717, 1.165) is 6.08 Å². The molecular formula is C9H6NO4-. The molecule has 0 saturated carbocycles. The van der Waals surface area contributed by atoms with Gasteiger partial charge in [0.25, 0.3) is 5.69 Å². The van der Waals surface area contributed by atoms with Crippen LogP contribution in [0.2, 0.25) is 0 Å². The summed E-state index contributed by atoms with van der Waals surface area (Å²) in [5.74, 6) is -1.30. The third-order valence-electron chi connectivity index (χ3n) is 1.52. The molecule has 0 radical (unpaired) electrons. The van der Waals surface area contributed by atoms with E-state index < -0.39 is 10.9 Å². The van der Waals surface area contributed by atoms with E-state index in [9.17, 15) is 20.0 Å². The molecule has 14 heavy (non-hydrogen) atoms. The molecule has 0 saturated heterocycles. The van der Waals surface area contributed by atoms with E-state index in [0.29, 0.717) is 5.56 Å². The SMILES string of the molecule is O=C([O-])C=Cc1ccc([N+](=O)[O-])cc1. The smallest absolute Gasteiger partial charge is 0.269 e. The lowest BCUT2D eigenvalue weighted by molar-refractivity contribution is -0.384. The summed E-state index contributed by atoms with van der Waals surface area (Å²) in [6.07, 6.45) is 2.17. The number of hydrogen-bond donors (Lipinski definition) is 0. The van der Waals surface area contributed by atoms with Crippen LogP contribution >= 0.6 is 0 Å². The van der Waals surface area contributed by atoms with Gasteiger partial charge in [0, 0.05) is 12.1 Å². The molecule has 5 heteroatoms. The number of carbonyl (C=O) groups is 1. The average molecular weight is 192 g/mol. The number of carboxylic acid groups (broad SMARTS) is 1. The number of benzene rings is 1. The van der Waals surface area contributed by atoms with Gasteiger partial charge >= 0.3 is 0 Å². The summed E-state index contributed by atoms with van der Waals surface area (Å²) < 4.78 is 0. The van der Waals surface area contributed by atoms with E-state index >= 15 is 0 Å². The molecule has 0 aromatic heterocycles. The Labute approximate surface area is 79.4 Å². The van der Waals surface area contributed by atoms with Gasteiger partial charge in [-0.2, -0.15) is 0 Å². The summed E-state index contributed by atoms with van der Waals surface area (Å²) in [6, 6.07) is 5.51. The van der Waals surface area contributed by atoms with Gasteiger partial charge < -0.3 is 9.90 Å². The number of carbonyl (C=O) groups excluding carboxylic acids is 1. The molecule has 0 fully saturated rings. The van der Waals surface area contributed by atoms with Crippen molar-refractivity contribution >= 4 is 17.7 Å². The third kappa shape index (κ3) is 2.71. The standard InChI is InChI=1S/C9H7NO4/c11-9(12)6-3-7-1-4-8(5-2-7)10(13)14/h1-6H,(H,11,12)/p-1. The molecule has 1 aromatic rings. The summed E-state index contributed by atoms with van der Waals surface area (Å²) in [5, 5.41) is 20.3. The van der Waals surface area contributed by atoms with Crippen LogP contribution in [0.4, 0.5) is 5.69 Å². The highest BCUT2D eigenvalue weighted by Crippen LogP contribution is 2.12. The maximum Gasteiger partial charge on any atom is 0.269 e. The van der Waals surface area contributed by atoms with Gasteiger partial charge in [0.2, 0.25) is 0 Å². The number of nitro benzene ring substituents is 1. The van der Waals surface area contributed by atoms with Gasteiger partial charge in [-0.1, -0.05) is 6.08 Å². The highest BCUT2D eigenvalue weighted by molar-refractivity contribution is 5.83. The van der Waals surface area contributed by atoms with Crippen molar-refractivity contribution in [1.29, 1.82) is 0 Å². The zero-order chi connectivity index (χ0) is 10.6. The number of carboxylic acids is 1. The lowest BCUT2D eigenvalue weighted by Crippen LogP contribution is -2.18. The minimum absolute atomic E-state index is 0.0319. The second-order valence-electron chi connectivity index (χ2n) is 2.50. The van der Waals surface area contributed by atoms with Crippen LogP contribution in [-0.4, -0.2) is 10.9 Å². The fourth-order valence-electron chi connectivity index (χ4n) is 0.871. The Bertz CT molecular complexity index is 380. The molecule has 0 unspecified atom stereocenters. The first kappa shape index (κ1) is 9.91. The average Bonchev–Trinajstić information content (AvgIpc) is 2.15. The number of nitrogens with zero attached hydrogens (tertiary/aromatic N) is 1. The van der Waals surface area contributed by atoms with Crippen LogP contribution in [-0.2, 0) is 4.79 Å². The van der Waals surface area contributed by atoms with Crippen molar-refractivity contribution in [3.8, 4) is 0 Å². The normalized spacial score (nSPS) is 10.3. The van der Waals surface area contributed by atoms with Crippen molar-refractivity contribution in [3.63, 3.8) is 0 Å². The number of rotatable bonds is 3. The summed E-state index contributed by atoms with van der Waals surface area (Å²) in [5.41, 5.74) is 0.537. The van der Waals surface area contributed by atoms with Crippen molar-refractivity contribution in [2.75, 3.05) is 0 Å². The summed E-state index contributed by atoms with van der Waals surface area (Å²) in [7, 11) is 0. The van der Waals surface area contributed by atoms with Crippen LogP contribution in [0.3, 0.4) is 0 Å². The van der Waals surface area contributed by atoms with Crippen LogP contribution in [0.15, 0.2) is 30.3 Å². The predicted molar refractivity (Wildman–Crippen MR) is 47.1 cm³/mol. The maximum atomic E-state index is 10.3. The monoisotopic (exact) mass is 192 g/mol. The lowest BCUT2D eigenvalue weighted by Gasteiger charge is -1.94. The van der Waals surface area contributed by atoms with Crippen LogP contribution < -0.4 is 5.11 Å². The number of nitro groups is 1. The van der Waals surface area contributed by atoms with E-state index in [1.165, 1.54) is 30.3 Å². The van der Waals surface area contributed by atoms with E-state index in [4.69, 9.17) is 0 Å². The molecule has 0 aliphatic carbocycles. The Balaban J connectivity index is 2.83. The Morgan fingerprint density at radius 1 is 1.29 bits per heavy atom. The minimum Gasteiger partial charge on any atom is -0.545 e. The van der Waals surface area contributed by atoms with Crippen LogP contribution in [0.25, 0.3) is 6.08 Å². The molecule has 0 N–H and O–H groups in total. The second-order valence-corrected chi connectivity index (χ2v) is 2.50. The van der Waals surface area contributed by atoms with Gasteiger partial charge in [0.05, 0.1) is 10.9 Å². The van der Waals surface area contributed by atoms with Crippen molar-refractivity contribution < 1.29 is 14.8 Å². The van der Waals surface area contributed by atoms with Crippen molar-refractivity contribution in [2.24, 2.45) is 0 Å². The number of aliphatic carboxylic acids is 1. The van der Waals surface area contributed by atoms with Gasteiger partial charge in [-0.3, -0.25) is 10.1 Å². The molecule has 0 aliphatic heterocycles. The van der Waals surface area contributed by atoms with E-state index in [-0.39, 0.29) is 5.69 Å². The fourth-order valence-corrected chi connectivity index (χ4v) is 0.871. The molecule has 1 aromatic carbocycles. The van der Waals surface area contributed by atoms with Gasteiger partial charge in [-0.15, -0.1) is 0 Å². The van der Waals surface area contributed by atoms with Crippen molar-refractivity contribution in [1.82, 2.24) is 0 Å². The van der Waals surface area contributed by atoms with Gasteiger partial charge in [0.15, 0.2) is 0 Å². The molecule has 0 heterocycles. The van der Waals surface area contributed by atoms with Crippen LogP contribution in [0.1, 0.15) is 5.56 Å². The maximum absolute atomic E-state index is 10.3. The summed E-state index contributed by atoms with van der Waals surface area (Å²) >= 11 is 0. The fraction of sp³-hybridized carbons (Fsp3) is 0. The molecular weight excluding hydrogens is 186 g/mol. The highest BCUT2D eigenvalue weighted by atomic mass is 16.6. The van der Waals surface area contributed by atoms with Gasteiger partial charge in [-0.05, 0) is 23.8 Å². The van der Waals surface area contributed by atoms with Crippen molar-refractivity contribution in [2.45, 2.75) is 0 Å². The topological polar surface area (TPSA) is 83.3 Å². The van der Waals surface area contributed by atoms with Gasteiger partial charge in [0.1, 0.15) is 0 Å². The zero-order valence-corrected chi connectivity index (χ0v) is 7.04. The molecule has 0 aliphatic rings. The molecule has 0 amide bonds. The minimum atomic E-state index is -1.30. The molecule has 0 atom stereocenters. The molecule has 72 valence electrons. The predicted octanol–water partition coefficient (Wildman–Crippen LogP) is 0.358. The molecule has 5 nitrogen and oxygen atoms in total.